The molecule has 1 amide bonds. The molecule has 1 saturated carbocycles. The van der Waals surface area contributed by atoms with E-state index in [4.69, 9.17) is 14.2 Å². The first-order valence-electron chi connectivity index (χ1n) is 9.53. The van der Waals surface area contributed by atoms with Crippen molar-refractivity contribution in [2.45, 2.75) is 50.7 Å². The van der Waals surface area contributed by atoms with E-state index in [2.05, 4.69) is 11.4 Å². The zero-order valence-electron chi connectivity index (χ0n) is 15.9. The molecule has 1 heterocycles. The summed E-state index contributed by atoms with van der Waals surface area (Å²) in [7, 11) is 0. The third-order valence-corrected chi connectivity index (χ3v) is 4.92. The van der Waals surface area contributed by atoms with Gasteiger partial charge >= 0.3 is 5.97 Å². The summed E-state index contributed by atoms with van der Waals surface area (Å²) in [5, 5.41) is 12.2. The number of hydrogen-bond donors (Lipinski definition) is 1. The summed E-state index contributed by atoms with van der Waals surface area (Å²) in [6, 6.07) is 7.57. The highest BCUT2D eigenvalue weighted by molar-refractivity contribution is 5.90. The van der Waals surface area contributed by atoms with Gasteiger partial charge in [-0.1, -0.05) is 25.3 Å². The van der Waals surface area contributed by atoms with Crippen molar-refractivity contribution in [3.8, 4) is 17.6 Å². The molecule has 0 aromatic heterocycles. The molecule has 7 heteroatoms. The quantitative estimate of drug-likeness (QED) is 0.619. The summed E-state index contributed by atoms with van der Waals surface area (Å²) in [5.74, 6) is 0.214. The van der Waals surface area contributed by atoms with Gasteiger partial charge in [0.1, 0.15) is 18.8 Å². The van der Waals surface area contributed by atoms with Crippen molar-refractivity contribution in [2.75, 3.05) is 13.2 Å². The van der Waals surface area contributed by atoms with Gasteiger partial charge in [-0.05, 0) is 43.5 Å². The lowest BCUT2D eigenvalue weighted by atomic mass is 9.83. The first kappa shape index (κ1) is 19.7. The van der Waals surface area contributed by atoms with Crippen LogP contribution in [0.4, 0.5) is 0 Å². The monoisotopic (exact) mass is 384 g/mol. The summed E-state index contributed by atoms with van der Waals surface area (Å²) in [4.78, 5) is 24.4. The fraction of sp³-hybridized carbons (Fsp3) is 0.476. The molecule has 0 spiro atoms. The number of hydrogen-bond acceptors (Lipinski definition) is 6. The lowest BCUT2D eigenvalue weighted by Crippen LogP contribution is -2.52. The van der Waals surface area contributed by atoms with Crippen LogP contribution in [0.3, 0.4) is 0 Å². The van der Waals surface area contributed by atoms with Crippen molar-refractivity contribution in [1.29, 1.82) is 5.26 Å². The number of ether oxygens (including phenoxy) is 3. The fourth-order valence-electron chi connectivity index (χ4n) is 3.35. The molecule has 1 N–H and O–H groups in total. The molecule has 0 unspecified atom stereocenters. The second kappa shape index (κ2) is 8.79. The van der Waals surface area contributed by atoms with Gasteiger partial charge in [0.15, 0.2) is 17.6 Å². The molecule has 3 rings (SSSR count). The van der Waals surface area contributed by atoms with Gasteiger partial charge in [-0.15, -0.1) is 0 Å². The molecule has 1 aliphatic heterocycles. The van der Waals surface area contributed by atoms with Gasteiger partial charge in [0, 0.05) is 6.08 Å². The van der Waals surface area contributed by atoms with Gasteiger partial charge in [0.25, 0.3) is 5.91 Å². The summed E-state index contributed by atoms with van der Waals surface area (Å²) in [6.45, 7) is 2.50. The van der Waals surface area contributed by atoms with E-state index in [0.29, 0.717) is 37.6 Å². The number of amides is 1. The summed E-state index contributed by atoms with van der Waals surface area (Å²) < 4.78 is 16.1. The van der Waals surface area contributed by atoms with Gasteiger partial charge in [0.05, 0.1) is 6.07 Å². The van der Waals surface area contributed by atoms with E-state index in [1.54, 1.807) is 24.3 Å². The lowest BCUT2D eigenvalue weighted by molar-refractivity contribution is -0.150. The molecule has 1 aromatic carbocycles. The zero-order chi connectivity index (χ0) is 20.0. The van der Waals surface area contributed by atoms with E-state index in [1.165, 1.54) is 13.0 Å². The number of fused-ring (bicyclic) bond motifs is 1. The van der Waals surface area contributed by atoms with Crippen LogP contribution < -0.4 is 14.8 Å². The Bertz CT molecular complexity index is 806. The predicted octanol–water partition coefficient (Wildman–Crippen LogP) is 2.75. The summed E-state index contributed by atoms with van der Waals surface area (Å²) in [5.41, 5.74) is -0.0965. The van der Waals surface area contributed by atoms with Crippen LogP contribution in [-0.2, 0) is 14.3 Å². The number of carbonyl (C=O) groups is 2. The fourth-order valence-corrected chi connectivity index (χ4v) is 3.35. The molecule has 1 fully saturated rings. The predicted molar refractivity (Wildman–Crippen MR) is 102 cm³/mol. The van der Waals surface area contributed by atoms with Crippen molar-refractivity contribution in [2.24, 2.45) is 0 Å². The average Bonchev–Trinajstić information content (AvgIpc) is 2.72. The summed E-state index contributed by atoms with van der Waals surface area (Å²) >= 11 is 0. The van der Waals surface area contributed by atoms with Gasteiger partial charge < -0.3 is 19.5 Å². The first-order valence-corrected chi connectivity index (χ1v) is 9.53. The number of carbonyl (C=O) groups excluding carboxylic acids is 2. The number of nitrogens with zero attached hydrogens (tertiary/aromatic N) is 1. The van der Waals surface area contributed by atoms with Crippen LogP contribution in [0.2, 0.25) is 0 Å². The number of benzene rings is 1. The van der Waals surface area contributed by atoms with Crippen LogP contribution >= 0.6 is 0 Å². The van der Waals surface area contributed by atoms with E-state index in [9.17, 15) is 14.9 Å². The van der Waals surface area contributed by atoms with E-state index >= 15 is 0 Å². The molecule has 148 valence electrons. The number of nitrogens with one attached hydrogen (secondary N) is 1. The molecule has 28 heavy (non-hydrogen) atoms. The van der Waals surface area contributed by atoms with Crippen LogP contribution in [0.5, 0.6) is 11.5 Å². The van der Waals surface area contributed by atoms with Gasteiger partial charge in [-0.3, -0.25) is 4.79 Å². The van der Waals surface area contributed by atoms with E-state index in [-0.39, 0.29) is 0 Å². The van der Waals surface area contributed by atoms with Crippen molar-refractivity contribution in [1.82, 2.24) is 5.32 Å². The third kappa shape index (κ3) is 4.83. The largest absolute Gasteiger partial charge is 0.486 e. The Morgan fingerprint density at radius 3 is 2.64 bits per heavy atom. The SMILES string of the molecule is C[C@@H](OC(=O)/C=C/c1ccc2c(c1)OCCO2)C(=O)NC1(C#N)CCCCC1. The van der Waals surface area contributed by atoms with Crippen molar-refractivity contribution in [3.63, 3.8) is 0 Å². The maximum absolute atomic E-state index is 12.4. The normalized spacial score (nSPS) is 18.7. The van der Waals surface area contributed by atoms with E-state index in [0.717, 1.165) is 24.8 Å². The Hall–Kier alpha value is -3.01. The molecule has 1 aliphatic carbocycles. The smallest absolute Gasteiger partial charge is 0.331 e. The van der Waals surface area contributed by atoms with Crippen molar-refractivity contribution < 1.29 is 23.8 Å². The number of nitriles is 1. The standard InChI is InChI=1S/C21H24N2O5/c1-15(20(25)23-21(14-22)9-3-2-4-10-21)28-19(24)8-6-16-5-7-17-18(13-16)27-12-11-26-17/h5-8,13,15H,2-4,9-12H2,1H3,(H,23,25)/b8-6+/t15-/m1/s1. The molecule has 0 bridgehead atoms. The molecule has 2 aliphatic rings. The summed E-state index contributed by atoms with van der Waals surface area (Å²) in [6.07, 6.45) is 5.98. The minimum absolute atomic E-state index is 0.454. The second-order valence-corrected chi connectivity index (χ2v) is 7.06. The molecule has 0 saturated heterocycles. The van der Waals surface area contributed by atoms with Crippen molar-refractivity contribution >= 4 is 18.0 Å². The van der Waals surface area contributed by atoms with Gasteiger partial charge in [0.2, 0.25) is 0 Å². The second-order valence-electron chi connectivity index (χ2n) is 7.06. The van der Waals surface area contributed by atoms with Crippen LogP contribution in [0.1, 0.15) is 44.6 Å². The number of rotatable bonds is 5. The first-order chi connectivity index (χ1) is 13.5. The third-order valence-electron chi connectivity index (χ3n) is 4.92. The van der Waals surface area contributed by atoms with E-state index in [1.807, 2.05) is 0 Å². The highest BCUT2D eigenvalue weighted by Crippen LogP contribution is 2.31. The Labute approximate surface area is 164 Å². The van der Waals surface area contributed by atoms with Crippen LogP contribution in [-0.4, -0.2) is 36.7 Å². The van der Waals surface area contributed by atoms with Crippen molar-refractivity contribution in [3.05, 3.63) is 29.8 Å². The molecule has 1 atom stereocenters. The number of esters is 1. The highest BCUT2D eigenvalue weighted by atomic mass is 16.6. The van der Waals surface area contributed by atoms with Crippen LogP contribution in [0, 0.1) is 11.3 Å². The topological polar surface area (TPSA) is 97.7 Å². The highest BCUT2D eigenvalue weighted by Gasteiger charge is 2.35. The minimum atomic E-state index is -0.982. The zero-order valence-corrected chi connectivity index (χ0v) is 15.9. The molecular formula is C21H24N2O5. The molecule has 7 nitrogen and oxygen atoms in total. The maximum Gasteiger partial charge on any atom is 0.331 e. The Kier molecular flexibility index (Phi) is 6.19. The Balaban J connectivity index is 1.54. The van der Waals surface area contributed by atoms with Gasteiger partial charge in [-0.2, -0.15) is 5.26 Å². The molecule has 0 radical (unpaired) electrons. The molecular weight excluding hydrogens is 360 g/mol. The molecule has 1 aromatic rings. The Morgan fingerprint density at radius 1 is 1.21 bits per heavy atom. The maximum atomic E-state index is 12.4. The van der Waals surface area contributed by atoms with Gasteiger partial charge in [-0.25, -0.2) is 4.79 Å². The average molecular weight is 384 g/mol. The minimum Gasteiger partial charge on any atom is -0.486 e. The lowest BCUT2D eigenvalue weighted by Gasteiger charge is -2.32. The van der Waals surface area contributed by atoms with Crippen LogP contribution in [0.25, 0.3) is 6.08 Å². The van der Waals surface area contributed by atoms with Crippen LogP contribution in [0.15, 0.2) is 24.3 Å². The van der Waals surface area contributed by atoms with E-state index < -0.39 is 23.5 Å². The Morgan fingerprint density at radius 2 is 1.93 bits per heavy atom.